The van der Waals surface area contributed by atoms with Crippen molar-refractivity contribution >= 4 is 16.9 Å². The molecule has 0 unspecified atom stereocenters. The minimum absolute atomic E-state index is 0.0103. The van der Waals surface area contributed by atoms with E-state index in [1.54, 1.807) is 0 Å². The third-order valence-corrected chi connectivity index (χ3v) is 3.91. The quantitative estimate of drug-likeness (QED) is 0.934. The minimum atomic E-state index is 0.0103. The van der Waals surface area contributed by atoms with Crippen LogP contribution < -0.4 is 5.32 Å². The summed E-state index contributed by atoms with van der Waals surface area (Å²) in [5.41, 5.74) is 0.776. The summed E-state index contributed by atoms with van der Waals surface area (Å²) in [7, 11) is 0. The van der Waals surface area contributed by atoms with E-state index < -0.39 is 0 Å². The van der Waals surface area contributed by atoms with Gasteiger partial charge in [0.15, 0.2) is 5.76 Å². The molecule has 1 fully saturated rings. The maximum absolute atomic E-state index is 12.4. The Morgan fingerprint density at radius 1 is 1.35 bits per heavy atom. The fourth-order valence-corrected chi connectivity index (χ4v) is 2.82. The third-order valence-electron chi connectivity index (χ3n) is 3.91. The Kier molecular flexibility index (Phi) is 3.74. The first-order chi connectivity index (χ1) is 9.78. The zero-order chi connectivity index (χ0) is 13.9. The second kappa shape index (κ2) is 5.67. The summed E-state index contributed by atoms with van der Waals surface area (Å²) in [6.45, 7) is 4.70. The zero-order valence-electron chi connectivity index (χ0n) is 11.8. The van der Waals surface area contributed by atoms with Crippen molar-refractivity contribution in [2.75, 3.05) is 19.6 Å². The van der Waals surface area contributed by atoms with E-state index in [0.717, 1.165) is 43.4 Å². The number of carbonyl (C=O) groups excluding carboxylic acids is 1. The van der Waals surface area contributed by atoms with Gasteiger partial charge in [-0.25, -0.2) is 0 Å². The first-order valence-electron chi connectivity index (χ1n) is 7.29. The van der Waals surface area contributed by atoms with Gasteiger partial charge in [-0.2, -0.15) is 0 Å². The van der Waals surface area contributed by atoms with Crippen molar-refractivity contribution in [2.24, 2.45) is 0 Å². The number of nitrogens with zero attached hydrogens (tertiary/aromatic N) is 1. The van der Waals surface area contributed by atoms with Crippen molar-refractivity contribution in [1.29, 1.82) is 0 Å². The molecule has 20 heavy (non-hydrogen) atoms. The lowest BCUT2D eigenvalue weighted by Crippen LogP contribution is -2.44. The molecule has 3 rings (SSSR count). The second-order valence-corrected chi connectivity index (χ2v) is 5.27. The Bertz CT molecular complexity index is 564. The molecule has 4 nitrogen and oxygen atoms in total. The van der Waals surface area contributed by atoms with Gasteiger partial charge < -0.3 is 14.6 Å². The highest BCUT2D eigenvalue weighted by molar-refractivity contribution is 5.96. The summed E-state index contributed by atoms with van der Waals surface area (Å²) in [6, 6.07) is 10.1. The van der Waals surface area contributed by atoms with Gasteiger partial charge in [0.2, 0.25) is 0 Å². The van der Waals surface area contributed by atoms with Gasteiger partial charge >= 0.3 is 0 Å². The number of hydrogen-bond acceptors (Lipinski definition) is 3. The van der Waals surface area contributed by atoms with Crippen LogP contribution in [-0.4, -0.2) is 36.5 Å². The number of fused-ring (bicyclic) bond motifs is 1. The summed E-state index contributed by atoms with van der Waals surface area (Å²) in [5, 5.41) is 4.43. The molecule has 4 heteroatoms. The molecular formula is C16H20N2O2. The summed E-state index contributed by atoms with van der Waals surface area (Å²) < 4.78 is 5.65. The number of likely N-dealkylation sites (tertiary alicyclic amines) is 1. The summed E-state index contributed by atoms with van der Waals surface area (Å²) >= 11 is 0. The Morgan fingerprint density at radius 3 is 2.80 bits per heavy atom. The smallest absolute Gasteiger partial charge is 0.289 e. The van der Waals surface area contributed by atoms with E-state index >= 15 is 0 Å². The minimum Gasteiger partial charge on any atom is -0.451 e. The Morgan fingerprint density at radius 2 is 2.10 bits per heavy atom. The normalized spacial score (nSPS) is 16.8. The fourth-order valence-electron chi connectivity index (χ4n) is 2.82. The van der Waals surface area contributed by atoms with Crippen LogP contribution in [-0.2, 0) is 0 Å². The lowest BCUT2D eigenvalue weighted by Gasteiger charge is -2.31. The third kappa shape index (κ3) is 2.56. The van der Waals surface area contributed by atoms with E-state index in [0.29, 0.717) is 11.8 Å². The van der Waals surface area contributed by atoms with Gasteiger partial charge in [-0.15, -0.1) is 0 Å². The van der Waals surface area contributed by atoms with Gasteiger partial charge in [0.05, 0.1) is 0 Å². The number of hydrogen-bond donors (Lipinski definition) is 1. The SMILES string of the molecule is CCNC1CCN(C(=O)c2cc3ccccc3o2)CC1. The van der Waals surface area contributed by atoms with Crippen molar-refractivity contribution in [3.63, 3.8) is 0 Å². The molecule has 0 radical (unpaired) electrons. The summed E-state index contributed by atoms with van der Waals surface area (Å²) in [5.74, 6) is 0.462. The number of para-hydroxylation sites is 1. The molecule has 0 spiro atoms. The molecule has 1 N–H and O–H groups in total. The van der Waals surface area contributed by atoms with E-state index in [1.807, 2.05) is 35.2 Å². The van der Waals surface area contributed by atoms with Crippen molar-refractivity contribution in [1.82, 2.24) is 10.2 Å². The van der Waals surface area contributed by atoms with Gasteiger partial charge in [0.1, 0.15) is 5.58 Å². The van der Waals surface area contributed by atoms with E-state index in [4.69, 9.17) is 4.42 Å². The second-order valence-electron chi connectivity index (χ2n) is 5.27. The van der Waals surface area contributed by atoms with Gasteiger partial charge in [-0.1, -0.05) is 25.1 Å². The van der Waals surface area contributed by atoms with Crippen molar-refractivity contribution in [3.05, 3.63) is 36.1 Å². The maximum atomic E-state index is 12.4. The fraction of sp³-hybridized carbons (Fsp3) is 0.438. The van der Waals surface area contributed by atoms with Crippen molar-refractivity contribution < 1.29 is 9.21 Å². The van der Waals surface area contributed by atoms with Crippen molar-refractivity contribution in [3.8, 4) is 0 Å². The Hall–Kier alpha value is -1.81. The lowest BCUT2D eigenvalue weighted by molar-refractivity contribution is 0.0676. The monoisotopic (exact) mass is 272 g/mol. The maximum Gasteiger partial charge on any atom is 0.289 e. The number of amides is 1. The summed E-state index contributed by atoms with van der Waals surface area (Å²) in [6.07, 6.45) is 2.03. The highest BCUT2D eigenvalue weighted by atomic mass is 16.3. The Labute approximate surface area is 118 Å². The van der Waals surface area contributed by atoms with Crippen LogP contribution in [0, 0.1) is 0 Å². The first kappa shape index (κ1) is 13.2. The average Bonchev–Trinajstić information content (AvgIpc) is 2.91. The molecule has 0 saturated carbocycles. The molecule has 2 aromatic rings. The van der Waals surface area contributed by atoms with Crippen LogP contribution >= 0.6 is 0 Å². The topological polar surface area (TPSA) is 45.5 Å². The van der Waals surface area contributed by atoms with Crippen LogP contribution in [0.5, 0.6) is 0 Å². The molecule has 1 aliphatic rings. The van der Waals surface area contributed by atoms with Crippen LogP contribution in [0.15, 0.2) is 34.7 Å². The molecule has 1 aliphatic heterocycles. The number of rotatable bonds is 3. The van der Waals surface area contributed by atoms with Gasteiger partial charge in [-0.05, 0) is 31.5 Å². The lowest BCUT2D eigenvalue weighted by atomic mass is 10.0. The number of furan rings is 1. The first-order valence-corrected chi connectivity index (χ1v) is 7.29. The molecule has 106 valence electrons. The molecule has 1 aromatic heterocycles. The van der Waals surface area contributed by atoms with Crippen LogP contribution in [0.1, 0.15) is 30.3 Å². The number of nitrogens with one attached hydrogen (secondary N) is 1. The Balaban J connectivity index is 1.70. The predicted molar refractivity (Wildman–Crippen MR) is 78.8 cm³/mol. The van der Waals surface area contributed by atoms with Crippen molar-refractivity contribution in [2.45, 2.75) is 25.8 Å². The number of piperidine rings is 1. The molecule has 0 atom stereocenters. The van der Waals surface area contributed by atoms with E-state index in [9.17, 15) is 4.79 Å². The largest absolute Gasteiger partial charge is 0.451 e. The number of benzene rings is 1. The molecule has 1 saturated heterocycles. The molecule has 0 aliphatic carbocycles. The molecule has 2 heterocycles. The molecule has 1 aromatic carbocycles. The molecular weight excluding hydrogens is 252 g/mol. The van der Waals surface area contributed by atoms with Crippen LogP contribution in [0.25, 0.3) is 11.0 Å². The summed E-state index contributed by atoms with van der Waals surface area (Å²) in [4.78, 5) is 14.3. The molecule has 0 bridgehead atoms. The van der Waals surface area contributed by atoms with Gasteiger partial charge in [0.25, 0.3) is 5.91 Å². The average molecular weight is 272 g/mol. The predicted octanol–water partition coefficient (Wildman–Crippen LogP) is 2.65. The van der Waals surface area contributed by atoms with Crippen LogP contribution in [0.2, 0.25) is 0 Å². The van der Waals surface area contributed by atoms with E-state index in [2.05, 4.69) is 12.2 Å². The highest BCUT2D eigenvalue weighted by Gasteiger charge is 2.25. The van der Waals surface area contributed by atoms with Gasteiger partial charge in [-0.3, -0.25) is 4.79 Å². The highest BCUT2D eigenvalue weighted by Crippen LogP contribution is 2.21. The zero-order valence-corrected chi connectivity index (χ0v) is 11.8. The van der Waals surface area contributed by atoms with E-state index in [1.165, 1.54) is 0 Å². The van der Waals surface area contributed by atoms with Crippen LogP contribution in [0.3, 0.4) is 0 Å². The standard InChI is InChI=1S/C16H20N2O2/c1-2-17-13-7-9-18(10-8-13)16(19)15-11-12-5-3-4-6-14(12)20-15/h3-6,11,13,17H,2,7-10H2,1H3. The molecule has 1 amide bonds. The van der Waals surface area contributed by atoms with E-state index in [-0.39, 0.29) is 5.91 Å². The number of carbonyl (C=O) groups is 1. The van der Waals surface area contributed by atoms with Crippen LogP contribution in [0.4, 0.5) is 0 Å². The van der Waals surface area contributed by atoms with Gasteiger partial charge in [0, 0.05) is 24.5 Å².